The zero-order valence-electron chi connectivity index (χ0n) is 6.13. The fourth-order valence-electron chi connectivity index (χ4n) is 0.531. The fraction of sp³-hybridized carbons (Fsp3) is 0. The quantitative estimate of drug-likeness (QED) is 0.542. The molecule has 1 rings (SSSR count). The molecule has 14 heavy (non-hydrogen) atoms. The van der Waals surface area contributed by atoms with E-state index in [0.717, 1.165) is 0 Å². The van der Waals surface area contributed by atoms with Crippen molar-refractivity contribution in [2.45, 2.75) is 10.1 Å². The number of hydrogen-bond acceptors (Lipinski definition) is 8. The van der Waals surface area contributed by atoms with Crippen LogP contribution in [0.4, 0.5) is 0 Å². The maximum Gasteiger partial charge on any atom is 0.317 e. The summed E-state index contributed by atoms with van der Waals surface area (Å²) in [5.41, 5.74) is 0. The van der Waals surface area contributed by atoms with Crippen molar-refractivity contribution in [1.82, 2.24) is 20.6 Å². The van der Waals surface area contributed by atoms with E-state index < -0.39 is 30.3 Å². The van der Waals surface area contributed by atoms with Crippen LogP contribution in [-0.2, 0) is 20.2 Å². The van der Waals surface area contributed by atoms with Crippen LogP contribution in [0.2, 0.25) is 0 Å². The molecule has 1 heterocycles. The summed E-state index contributed by atoms with van der Waals surface area (Å²) < 4.78 is 59.0. The van der Waals surface area contributed by atoms with Crippen LogP contribution in [0, 0.1) is 0 Å². The third-order valence-electron chi connectivity index (χ3n) is 0.983. The van der Waals surface area contributed by atoms with Gasteiger partial charge in [0.2, 0.25) is 10.1 Å². The minimum Gasteiger partial charge on any atom is -0.280 e. The molecule has 0 aliphatic heterocycles. The third-order valence-corrected chi connectivity index (χ3v) is 2.64. The third kappa shape index (κ3) is 2.16. The molecule has 0 aliphatic carbocycles. The first-order valence-electron chi connectivity index (χ1n) is 2.74. The maximum absolute atomic E-state index is 10.5. The van der Waals surface area contributed by atoms with Crippen LogP contribution in [0.25, 0.3) is 0 Å². The normalized spacial score (nSPS) is 12.7. The number of aromatic nitrogens is 4. The standard InChI is InChI=1S/C2H2N4O6S2/c7-13(8,9)1-2(14(10,11)12)4-6-5-3-1/h(H,7,8,9)(H,10,11,12). The first kappa shape index (κ1) is 10.8. The van der Waals surface area contributed by atoms with Crippen LogP contribution < -0.4 is 0 Å². The fourth-order valence-corrected chi connectivity index (χ4v) is 1.96. The van der Waals surface area contributed by atoms with Crippen LogP contribution in [0.5, 0.6) is 0 Å². The van der Waals surface area contributed by atoms with Crippen molar-refractivity contribution in [2.24, 2.45) is 0 Å². The van der Waals surface area contributed by atoms with Crippen molar-refractivity contribution in [2.75, 3.05) is 0 Å². The van der Waals surface area contributed by atoms with Gasteiger partial charge in [0.1, 0.15) is 0 Å². The van der Waals surface area contributed by atoms with E-state index in [4.69, 9.17) is 9.11 Å². The predicted molar refractivity (Wildman–Crippen MR) is 37.3 cm³/mol. The van der Waals surface area contributed by atoms with Gasteiger partial charge < -0.3 is 0 Å². The molecule has 0 bridgehead atoms. The first-order valence-corrected chi connectivity index (χ1v) is 5.62. The Hall–Kier alpha value is -1.24. The summed E-state index contributed by atoms with van der Waals surface area (Å²) in [5, 5.41) is 8.07. The van der Waals surface area contributed by atoms with E-state index in [1.54, 1.807) is 0 Å². The van der Waals surface area contributed by atoms with Crippen LogP contribution in [-0.4, -0.2) is 46.6 Å². The largest absolute Gasteiger partial charge is 0.317 e. The monoisotopic (exact) mass is 242 g/mol. The highest BCUT2D eigenvalue weighted by Crippen LogP contribution is 2.12. The number of rotatable bonds is 2. The minimum absolute atomic E-state index is 1.38. The summed E-state index contributed by atoms with van der Waals surface area (Å²) in [5.74, 6) is 0. The molecule has 2 N–H and O–H groups in total. The zero-order valence-corrected chi connectivity index (χ0v) is 7.77. The molecular weight excluding hydrogens is 240 g/mol. The Labute approximate surface area is 77.5 Å². The Morgan fingerprint density at radius 1 is 0.786 bits per heavy atom. The highest BCUT2D eigenvalue weighted by molar-refractivity contribution is 7.88. The van der Waals surface area contributed by atoms with E-state index in [1.165, 1.54) is 0 Å². The number of nitrogens with zero attached hydrogens (tertiary/aromatic N) is 4. The summed E-state index contributed by atoms with van der Waals surface area (Å²) in [6.07, 6.45) is 0. The molecule has 0 fully saturated rings. The van der Waals surface area contributed by atoms with Gasteiger partial charge in [0.15, 0.2) is 0 Å². The second kappa shape index (κ2) is 3.16. The van der Waals surface area contributed by atoms with Crippen molar-refractivity contribution in [3.63, 3.8) is 0 Å². The highest BCUT2D eigenvalue weighted by Gasteiger charge is 2.28. The van der Waals surface area contributed by atoms with Gasteiger partial charge in [0.05, 0.1) is 0 Å². The van der Waals surface area contributed by atoms with Crippen molar-refractivity contribution >= 4 is 20.2 Å². The van der Waals surface area contributed by atoms with E-state index in [-0.39, 0.29) is 0 Å². The lowest BCUT2D eigenvalue weighted by atomic mass is 10.9. The molecule has 0 spiro atoms. The van der Waals surface area contributed by atoms with Crippen molar-refractivity contribution in [3.8, 4) is 0 Å². The Kier molecular flexibility index (Phi) is 2.45. The second-order valence-corrected chi connectivity index (χ2v) is 4.61. The Morgan fingerprint density at radius 2 is 1.07 bits per heavy atom. The lowest BCUT2D eigenvalue weighted by Gasteiger charge is -1.97. The maximum atomic E-state index is 10.5. The molecule has 0 saturated carbocycles. The summed E-state index contributed by atoms with van der Waals surface area (Å²) in [6, 6.07) is 0. The zero-order chi connectivity index (χ0) is 11.0. The van der Waals surface area contributed by atoms with Gasteiger partial charge in [0, 0.05) is 0 Å². The average Bonchev–Trinajstić information content (AvgIpc) is 2.01. The minimum atomic E-state index is -4.93. The Bertz CT molecular complexity index is 496. The van der Waals surface area contributed by atoms with Crippen LogP contribution >= 0.6 is 0 Å². The van der Waals surface area contributed by atoms with Crippen LogP contribution in [0.15, 0.2) is 10.1 Å². The lowest BCUT2D eigenvalue weighted by molar-refractivity contribution is 0.444. The van der Waals surface area contributed by atoms with Gasteiger partial charge in [-0.05, 0) is 10.4 Å². The van der Waals surface area contributed by atoms with Gasteiger partial charge in [-0.2, -0.15) is 16.8 Å². The molecule has 78 valence electrons. The van der Waals surface area contributed by atoms with Gasteiger partial charge in [0.25, 0.3) is 0 Å². The van der Waals surface area contributed by atoms with Crippen LogP contribution in [0.3, 0.4) is 0 Å². The molecule has 0 unspecified atom stereocenters. The van der Waals surface area contributed by atoms with Crippen LogP contribution in [0.1, 0.15) is 0 Å². The SMILES string of the molecule is O=S(=O)(O)c1nnnnc1S(=O)(=O)O. The molecule has 0 amide bonds. The Morgan fingerprint density at radius 3 is 1.29 bits per heavy atom. The van der Waals surface area contributed by atoms with E-state index in [2.05, 4.69) is 20.6 Å². The molecule has 0 saturated heterocycles. The average molecular weight is 242 g/mol. The van der Waals surface area contributed by atoms with Gasteiger partial charge in [-0.3, -0.25) is 9.11 Å². The highest BCUT2D eigenvalue weighted by atomic mass is 32.2. The molecule has 0 aliphatic rings. The van der Waals surface area contributed by atoms with Crippen molar-refractivity contribution < 1.29 is 25.9 Å². The molecule has 0 radical (unpaired) electrons. The topological polar surface area (TPSA) is 160 Å². The molecule has 0 aromatic carbocycles. The molecule has 1 aromatic rings. The van der Waals surface area contributed by atoms with Crippen molar-refractivity contribution in [3.05, 3.63) is 0 Å². The Balaban J connectivity index is 3.64. The first-order chi connectivity index (χ1) is 6.23. The summed E-state index contributed by atoms with van der Waals surface area (Å²) >= 11 is 0. The second-order valence-electron chi connectivity index (χ2n) is 1.94. The van der Waals surface area contributed by atoms with E-state index in [0.29, 0.717) is 0 Å². The summed E-state index contributed by atoms with van der Waals surface area (Å²) in [6.45, 7) is 0. The van der Waals surface area contributed by atoms with Gasteiger partial charge in [-0.15, -0.1) is 10.2 Å². The smallest absolute Gasteiger partial charge is 0.280 e. The summed E-state index contributed by atoms with van der Waals surface area (Å²) in [4.78, 5) is 0. The molecule has 1 aromatic heterocycles. The lowest BCUT2D eigenvalue weighted by Crippen LogP contribution is -2.15. The van der Waals surface area contributed by atoms with E-state index in [9.17, 15) is 16.8 Å². The molecule has 0 atom stereocenters. The molecule has 12 heteroatoms. The van der Waals surface area contributed by atoms with Gasteiger partial charge >= 0.3 is 20.2 Å². The van der Waals surface area contributed by atoms with E-state index >= 15 is 0 Å². The molecular formula is C2H2N4O6S2. The molecule has 10 nitrogen and oxygen atoms in total. The number of hydrogen-bond donors (Lipinski definition) is 2. The van der Waals surface area contributed by atoms with Crippen molar-refractivity contribution in [1.29, 1.82) is 0 Å². The van der Waals surface area contributed by atoms with Gasteiger partial charge in [-0.25, -0.2) is 0 Å². The summed E-state index contributed by atoms with van der Waals surface area (Å²) in [7, 11) is -9.86. The predicted octanol–water partition coefficient (Wildman–Crippen LogP) is -2.24. The van der Waals surface area contributed by atoms with Gasteiger partial charge in [-0.1, -0.05) is 0 Å². The van der Waals surface area contributed by atoms with E-state index in [1.807, 2.05) is 0 Å².